The molecule has 0 radical (unpaired) electrons. The van der Waals surface area contributed by atoms with Gasteiger partial charge in [-0.3, -0.25) is 19.7 Å². The number of carbonyl (C=O) groups is 2. The van der Waals surface area contributed by atoms with Crippen LogP contribution in [-0.4, -0.2) is 16.7 Å². The van der Waals surface area contributed by atoms with E-state index in [0.717, 1.165) is 16.0 Å². The Labute approximate surface area is 148 Å². The highest BCUT2D eigenvalue weighted by atomic mass is 35.5. The van der Waals surface area contributed by atoms with Crippen LogP contribution in [0.15, 0.2) is 47.5 Å². The van der Waals surface area contributed by atoms with Gasteiger partial charge in [0.2, 0.25) is 0 Å². The number of halogens is 1. The van der Waals surface area contributed by atoms with E-state index in [2.05, 4.69) is 0 Å². The minimum Gasteiger partial charge on any atom is -0.268 e. The van der Waals surface area contributed by atoms with Crippen molar-refractivity contribution in [1.29, 1.82) is 0 Å². The number of non-ortho nitro benzene ring substituents is 1. The van der Waals surface area contributed by atoms with Crippen LogP contribution in [0.25, 0.3) is 5.57 Å². The molecule has 0 N–H and O–H groups in total. The van der Waals surface area contributed by atoms with E-state index in [4.69, 9.17) is 11.6 Å². The molecule has 1 aliphatic rings. The average Bonchev–Trinajstić information content (AvgIpc) is 2.80. The first-order valence-electron chi connectivity index (χ1n) is 7.42. The van der Waals surface area contributed by atoms with Crippen molar-refractivity contribution in [3.63, 3.8) is 0 Å². The summed E-state index contributed by atoms with van der Waals surface area (Å²) in [7, 11) is 0. The molecule has 0 bridgehead atoms. The van der Waals surface area contributed by atoms with Gasteiger partial charge >= 0.3 is 0 Å². The third-order valence-corrected chi connectivity index (χ3v) is 4.56. The molecule has 1 aliphatic heterocycles. The fourth-order valence-corrected chi connectivity index (χ4v) is 2.97. The highest BCUT2D eigenvalue weighted by Gasteiger charge is 2.39. The normalized spacial score (nSPS) is 14.4. The first-order chi connectivity index (χ1) is 11.8. The lowest BCUT2D eigenvalue weighted by Crippen LogP contribution is -2.31. The highest BCUT2D eigenvalue weighted by Crippen LogP contribution is 2.36. The summed E-state index contributed by atoms with van der Waals surface area (Å²) < 4.78 is 0. The smallest absolute Gasteiger partial charge is 0.268 e. The van der Waals surface area contributed by atoms with Crippen LogP contribution in [0.3, 0.4) is 0 Å². The van der Waals surface area contributed by atoms with Crippen molar-refractivity contribution >= 4 is 40.4 Å². The second-order valence-corrected chi connectivity index (χ2v) is 6.04. The van der Waals surface area contributed by atoms with Crippen molar-refractivity contribution in [3.8, 4) is 0 Å². The van der Waals surface area contributed by atoms with Crippen molar-refractivity contribution < 1.29 is 14.5 Å². The van der Waals surface area contributed by atoms with Crippen molar-refractivity contribution in [2.45, 2.75) is 13.8 Å². The van der Waals surface area contributed by atoms with Crippen LogP contribution in [0.5, 0.6) is 0 Å². The third-order valence-electron chi connectivity index (χ3n) is 4.21. The zero-order valence-corrected chi connectivity index (χ0v) is 14.2. The molecule has 1 heterocycles. The molecule has 2 aromatic rings. The Balaban J connectivity index is 2.05. The van der Waals surface area contributed by atoms with Gasteiger partial charge in [0.1, 0.15) is 5.03 Å². The van der Waals surface area contributed by atoms with E-state index in [0.29, 0.717) is 11.3 Å². The lowest BCUT2D eigenvalue weighted by atomic mass is 10.0. The van der Waals surface area contributed by atoms with Crippen molar-refractivity contribution in [2.24, 2.45) is 0 Å². The summed E-state index contributed by atoms with van der Waals surface area (Å²) in [5.41, 5.74) is 2.52. The minimum absolute atomic E-state index is 0.0440. The van der Waals surface area contributed by atoms with Gasteiger partial charge in [-0.25, -0.2) is 4.90 Å². The number of nitro benzene ring substituents is 1. The second-order valence-electron chi connectivity index (χ2n) is 5.66. The molecule has 0 atom stereocenters. The van der Waals surface area contributed by atoms with Crippen molar-refractivity contribution in [1.82, 2.24) is 0 Å². The number of carbonyl (C=O) groups excluding carboxylic acids is 2. The largest absolute Gasteiger partial charge is 0.277 e. The summed E-state index contributed by atoms with van der Waals surface area (Å²) in [6.45, 7) is 3.71. The number of nitrogens with zero attached hydrogens (tertiary/aromatic N) is 2. The number of aryl methyl sites for hydroxylation is 1. The van der Waals surface area contributed by atoms with Gasteiger partial charge in [0, 0.05) is 12.1 Å². The second kappa shape index (κ2) is 6.14. The van der Waals surface area contributed by atoms with Gasteiger partial charge in [0.25, 0.3) is 17.5 Å². The van der Waals surface area contributed by atoms with Crippen LogP contribution in [-0.2, 0) is 9.59 Å². The number of anilines is 1. The topological polar surface area (TPSA) is 80.5 Å². The van der Waals surface area contributed by atoms with Gasteiger partial charge in [-0.15, -0.1) is 0 Å². The number of imide groups is 1. The number of nitro groups is 1. The Bertz CT molecular complexity index is 948. The maximum atomic E-state index is 12.8. The standard InChI is InChI=1S/C18H13ClN2O4/c1-10-4-3-5-14(11(10)2)20-17(22)15(16(19)18(20)23)12-6-8-13(9-7-12)21(24)25/h3-9H,1-2H3. The minimum atomic E-state index is -0.603. The van der Waals surface area contributed by atoms with Crippen molar-refractivity contribution in [2.75, 3.05) is 4.90 Å². The predicted octanol–water partition coefficient (Wildman–Crippen LogP) is 3.73. The molecule has 0 saturated heterocycles. The SMILES string of the molecule is Cc1cccc(N2C(=O)C(Cl)=C(c3ccc([N+](=O)[O-])cc3)C2=O)c1C. The maximum absolute atomic E-state index is 12.8. The first-order valence-corrected chi connectivity index (χ1v) is 7.80. The fraction of sp³-hybridized carbons (Fsp3) is 0.111. The first kappa shape index (κ1) is 16.9. The molecular weight excluding hydrogens is 344 g/mol. The Hall–Kier alpha value is -2.99. The Morgan fingerprint density at radius 3 is 2.24 bits per heavy atom. The van der Waals surface area contributed by atoms with Crippen LogP contribution >= 0.6 is 11.6 Å². The molecule has 0 fully saturated rings. The van der Waals surface area contributed by atoms with E-state index >= 15 is 0 Å². The zero-order chi connectivity index (χ0) is 18.3. The summed E-state index contributed by atoms with van der Waals surface area (Å²) in [5, 5.41) is 10.6. The summed E-state index contributed by atoms with van der Waals surface area (Å²) in [6, 6.07) is 10.7. The maximum Gasteiger partial charge on any atom is 0.277 e. The summed E-state index contributed by atoms with van der Waals surface area (Å²) in [4.78, 5) is 36.6. The number of hydrogen-bond acceptors (Lipinski definition) is 4. The zero-order valence-electron chi connectivity index (χ0n) is 13.4. The van der Waals surface area contributed by atoms with Crippen LogP contribution in [0.1, 0.15) is 16.7 Å². The average molecular weight is 357 g/mol. The third kappa shape index (κ3) is 2.70. The predicted molar refractivity (Wildman–Crippen MR) is 94.3 cm³/mol. The van der Waals surface area contributed by atoms with Gasteiger partial charge in [-0.1, -0.05) is 23.7 Å². The van der Waals surface area contributed by atoms with Gasteiger partial charge in [-0.2, -0.15) is 0 Å². The van der Waals surface area contributed by atoms with Crippen LogP contribution in [0.4, 0.5) is 11.4 Å². The quantitative estimate of drug-likeness (QED) is 0.476. The van der Waals surface area contributed by atoms with E-state index in [1.54, 1.807) is 12.1 Å². The number of hydrogen-bond donors (Lipinski definition) is 0. The molecule has 2 amide bonds. The number of amides is 2. The molecule has 126 valence electrons. The molecule has 0 spiro atoms. The lowest BCUT2D eigenvalue weighted by Gasteiger charge is -2.18. The molecule has 0 aromatic heterocycles. The van der Waals surface area contributed by atoms with E-state index < -0.39 is 16.7 Å². The van der Waals surface area contributed by atoms with Crippen LogP contribution in [0.2, 0.25) is 0 Å². The lowest BCUT2D eigenvalue weighted by molar-refractivity contribution is -0.384. The van der Waals surface area contributed by atoms with E-state index in [9.17, 15) is 19.7 Å². The molecule has 2 aromatic carbocycles. The Morgan fingerprint density at radius 2 is 1.64 bits per heavy atom. The summed E-state index contributed by atoms with van der Waals surface area (Å²) in [5.74, 6) is -1.15. The molecule has 3 rings (SSSR count). The molecule has 6 nitrogen and oxygen atoms in total. The van der Waals surface area contributed by atoms with Gasteiger partial charge < -0.3 is 0 Å². The molecule has 0 unspecified atom stereocenters. The molecule has 25 heavy (non-hydrogen) atoms. The van der Waals surface area contributed by atoms with Crippen LogP contribution < -0.4 is 4.90 Å². The molecule has 0 aliphatic carbocycles. The monoisotopic (exact) mass is 356 g/mol. The van der Waals surface area contributed by atoms with E-state index in [1.165, 1.54) is 24.3 Å². The van der Waals surface area contributed by atoms with Gasteiger partial charge in [-0.05, 0) is 48.7 Å². The van der Waals surface area contributed by atoms with Gasteiger partial charge in [0.15, 0.2) is 0 Å². The molecular formula is C18H13ClN2O4. The summed E-state index contributed by atoms with van der Waals surface area (Å²) in [6.07, 6.45) is 0. The Morgan fingerprint density at radius 1 is 1.00 bits per heavy atom. The highest BCUT2D eigenvalue weighted by molar-refractivity contribution is 6.60. The molecule has 7 heteroatoms. The Kier molecular flexibility index (Phi) is 4.14. The van der Waals surface area contributed by atoms with E-state index in [-0.39, 0.29) is 16.3 Å². The number of benzene rings is 2. The van der Waals surface area contributed by atoms with E-state index in [1.807, 2.05) is 19.9 Å². The number of rotatable bonds is 3. The van der Waals surface area contributed by atoms with Crippen LogP contribution in [0, 0.1) is 24.0 Å². The van der Waals surface area contributed by atoms with Gasteiger partial charge in [0.05, 0.1) is 16.2 Å². The molecule has 0 saturated carbocycles. The summed E-state index contributed by atoms with van der Waals surface area (Å²) >= 11 is 6.13. The van der Waals surface area contributed by atoms with Crippen molar-refractivity contribution in [3.05, 3.63) is 74.3 Å². The fourth-order valence-electron chi connectivity index (χ4n) is 2.70.